The third-order valence-corrected chi connectivity index (χ3v) is 2.39. The van der Waals surface area contributed by atoms with Crippen LogP contribution in [0.1, 0.15) is 5.89 Å². The Hall–Kier alpha value is -1.66. The van der Waals surface area contributed by atoms with Crippen LogP contribution in [0.2, 0.25) is 0 Å². The second-order valence-electron chi connectivity index (χ2n) is 3.62. The fourth-order valence-corrected chi connectivity index (χ4v) is 1.58. The molecule has 0 spiro atoms. The van der Waals surface area contributed by atoms with Crippen LogP contribution in [0.4, 0.5) is 0 Å². The highest BCUT2D eigenvalue weighted by Crippen LogP contribution is 2.16. The van der Waals surface area contributed by atoms with Crippen LogP contribution < -0.4 is 5.32 Å². The van der Waals surface area contributed by atoms with E-state index in [1.165, 1.54) is 0 Å². The molecule has 0 aliphatic rings. The maximum atomic E-state index is 5.12. The molecule has 0 aliphatic heterocycles. The molecule has 2 rings (SSSR count). The van der Waals surface area contributed by atoms with Crippen molar-refractivity contribution in [3.05, 3.63) is 24.2 Å². The van der Waals surface area contributed by atoms with Crippen molar-refractivity contribution >= 4 is 0 Å². The molecule has 0 radical (unpaired) electrons. The Morgan fingerprint density at radius 2 is 2.41 bits per heavy atom. The quantitative estimate of drug-likeness (QED) is 0.807. The van der Waals surface area contributed by atoms with E-state index in [9.17, 15) is 0 Å². The zero-order chi connectivity index (χ0) is 12.1. The third-order valence-electron chi connectivity index (χ3n) is 2.39. The molecule has 0 amide bonds. The molecule has 17 heavy (non-hydrogen) atoms. The molecule has 6 nitrogen and oxygen atoms in total. The molecular weight excluding hydrogens is 220 g/mol. The molecule has 0 atom stereocenters. The summed E-state index contributed by atoms with van der Waals surface area (Å²) in [7, 11) is 3.52. The minimum Gasteiger partial charge on any atom is -0.383 e. The smallest absolute Gasteiger partial charge is 0.240 e. The summed E-state index contributed by atoms with van der Waals surface area (Å²) in [6, 6.07) is 3.92. The summed E-state index contributed by atoms with van der Waals surface area (Å²) in [6.45, 7) is 2.00. The van der Waals surface area contributed by atoms with Crippen molar-refractivity contribution in [2.75, 3.05) is 20.8 Å². The number of hydrogen-bond donors (Lipinski definition) is 1. The zero-order valence-electron chi connectivity index (χ0n) is 10.0. The lowest BCUT2D eigenvalue weighted by atomic mass is 10.4. The summed E-state index contributed by atoms with van der Waals surface area (Å²) in [5.74, 6) is 1.19. The van der Waals surface area contributed by atoms with Gasteiger partial charge in [-0.3, -0.25) is 0 Å². The first-order valence-electron chi connectivity index (χ1n) is 5.46. The van der Waals surface area contributed by atoms with Gasteiger partial charge >= 0.3 is 0 Å². The van der Waals surface area contributed by atoms with E-state index in [0.29, 0.717) is 24.9 Å². The maximum Gasteiger partial charge on any atom is 0.240 e. The summed E-state index contributed by atoms with van der Waals surface area (Å²) in [5, 5.41) is 6.93. The first-order chi connectivity index (χ1) is 8.35. The van der Waals surface area contributed by atoms with Crippen molar-refractivity contribution in [1.29, 1.82) is 0 Å². The van der Waals surface area contributed by atoms with E-state index >= 15 is 0 Å². The second-order valence-corrected chi connectivity index (χ2v) is 3.62. The molecule has 0 aromatic carbocycles. The van der Waals surface area contributed by atoms with Gasteiger partial charge in [0.2, 0.25) is 11.7 Å². The summed E-state index contributed by atoms with van der Waals surface area (Å²) >= 11 is 0. The van der Waals surface area contributed by atoms with Gasteiger partial charge in [0.15, 0.2) is 0 Å². The molecule has 1 N–H and O–H groups in total. The van der Waals surface area contributed by atoms with E-state index in [1.54, 1.807) is 7.11 Å². The predicted molar refractivity (Wildman–Crippen MR) is 62.4 cm³/mol. The molecule has 0 saturated heterocycles. The molecular formula is C11H16N4O2. The highest BCUT2D eigenvalue weighted by atomic mass is 16.5. The second kappa shape index (κ2) is 5.60. The third kappa shape index (κ3) is 2.72. The van der Waals surface area contributed by atoms with Gasteiger partial charge in [-0.15, -0.1) is 0 Å². The molecule has 0 unspecified atom stereocenters. The number of aromatic nitrogens is 3. The van der Waals surface area contributed by atoms with Crippen molar-refractivity contribution in [1.82, 2.24) is 20.0 Å². The standard InChI is InChI=1S/C11H16N4O2/c1-12-8-10-13-11(14-17-10)9-4-3-5-15(9)6-7-16-2/h3-5,12H,6-8H2,1-2H3. The minimum atomic E-state index is 0.575. The Morgan fingerprint density at radius 3 is 3.18 bits per heavy atom. The first-order valence-corrected chi connectivity index (χ1v) is 5.46. The van der Waals surface area contributed by atoms with Crippen molar-refractivity contribution < 1.29 is 9.26 Å². The summed E-state index contributed by atoms with van der Waals surface area (Å²) in [5.41, 5.74) is 0.938. The van der Waals surface area contributed by atoms with Gasteiger partial charge in [0.25, 0.3) is 0 Å². The molecule has 2 aromatic rings. The fraction of sp³-hybridized carbons (Fsp3) is 0.455. The number of ether oxygens (including phenoxy) is 1. The van der Waals surface area contributed by atoms with Crippen LogP contribution in [-0.4, -0.2) is 35.5 Å². The van der Waals surface area contributed by atoms with Crippen LogP contribution in [0, 0.1) is 0 Å². The Balaban J connectivity index is 2.17. The van der Waals surface area contributed by atoms with Gasteiger partial charge < -0.3 is 19.1 Å². The monoisotopic (exact) mass is 236 g/mol. The van der Waals surface area contributed by atoms with Gasteiger partial charge in [-0.05, 0) is 19.2 Å². The SMILES string of the molecule is CNCc1nc(-c2cccn2CCOC)no1. The van der Waals surface area contributed by atoms with Crippen molar-refractivity contribution in [3.63, 3.8) is 0 Å². The Kier molecular flexibility index (Phi) is 3.89. The van der Waals surface area contributed by atoms with Gasteiger partial charge in [-0.2, -0.15) is 4.98 Å². The van der Waals surface area contributed by atoms with Crippen LogP contribution >= 0.6 is 0 Å². The van der Waals surface area contributed by atoms with Crippen molar-refractivity contribution in [2.24, 2.45) is 0 Å². The van der Waals surface area contributed by atoms with Crippen LogP contribution in [-0.2, 0) is 17.8 Å². The number of nitrogens with one attached hydrogen (secondary N) is 1. The Morgan fingerprint density at radius 1 is 1.53 bits per heavy atom. The van der Waals surface area contributed by atoms with Gasteiger partial charge in [-0.25, -0.2) is 0 Å². The molecule has 0 saturated carbocycles. The number of methoxy groups -OCH3 is 1. The fourth-order valence-electron chi connectivity index (χ4n) is 1.58. The van der Waals surface area contributed by atoms with E-state index < -0.39 is 0 Å². The lowest BCUT2D eigenvalue weighted by Crippen LogP contribution is -2.06. The van der Waals surface area contributed by atoms with E-state index in [0.717, 1.165) is 12.2 Å². The predicted octanol–water partition coefficient (Wildman–Crippen LogP) is 0.904. The molecule has 92 valence electrons. The van der Waals surface area contributed by atoms with Gasteiger partial charge in [0.1, 0.15) is 0 Å². The van der Waals surface area contributed by atoms with E-state index in [1.807, 2.05) is 29.9 Å². The lowest BCUT2D eigenvalue weighted by molar-refractivity contribution is 0.187. The molecule has 0 aliphatic carbocycles. The molecule has 2 heterocycles. The van der Waals surface area contributed by atoms with Crippen LogP contribution in [0.5, 0.6) is 0 Å². The van der Waals surface area contributed by atoms with Crippen LogP contribution in [0.15, 0.2) is 22.9 Å². The molecule has 0 bridgehead atoms. The number of hydrogen-bond acceptors (Lipinski definition) is 5. The van der Waals surface area contributed by atoms with E-state index in [4.69, 9.17) is 9.26 Å². The minimum absolute atomic E-state index is 0.575. The largest absolute Gasteiger partial charge is 0.383 e. The summed E-state index contributed by atoms with van der Waals surface area (Å²) in [6.07, 6.45) is 1.97. The normalized spacial score (nSPS) is 10.9. The summed E-state index contributed by atoms with van der Waals surface area (Å²) < 4.78 is 12.2. The first kappa shape index (κ1) is 11.8. The molecule has 6 heteroatoms. The Bertz CT molecular complexity index is 463. The van der Waals surface area contributed by atoms with Gasteiger partial charge in [-0.1, -0.05) is 5.16 Å². The maximum absolute atomic E-state index is 5.12. The van der Waals surface area contributed by atoms with Gasteiger partial charge in [0, 0.05) is 19.9 Å². The highest BCUT2D eigenvalue weighted by molar-refractivity contribution is 5.49. The van der Waals surface area contributed by atoms with Crippen molar-refractivity contribution in [2.45, 2.75) is 13.1 Å². The molecule has 0 fully saturated rings. The van der Waals surface area contributed by atoms with Gasteiger partial charge in [0.05, 0.1) is 18.8 Å². The lowest BCUT2D eigenvalue weighted by Gasteiger charge is -2.04. The van der Waals surface area contributed by atoms with E-state index in [-0.39, 0.29) is 0 Å². The topological polar surface area (TPSA) is 65.1 Å². The average molecular weight is 236 g/mol. The van der Waals surface area contributed by atoms with Crippen LogP contribution in [0.25, 0.3) is 11.5 Å². The van der Waals surface area contributed by atoms with Crippen LogP contribution in [0.3, 0.4) is 0 Å². The molecule has 2 aromatic heterocycles. The highest BCUT2D eigenvalue weighted by Gasteiger charge is 2.11. The average Bonchev–Trinajstić information content (AvgIpc) is 2.94. The number of nitrogens with zero attached hydrogens (tertiary/aromatic N) is 3. The Labute approximate surface area is 99.6 Å². The van der Waals surface area contributed by atoms with E-state index in [2.05, 4.69) is 15.5 Å². The summed E-state index contributed by atoms with van der Waals surface area (Å²) in [4.78, 5) is 4.31. The number of rotatable bonds is 6. The zero-order valence-corrected chi connectivity index (χ0v) is 10.0. The van der Waals surface area contributed by atoms with Crippen molar-refractivity contribution in [3.8, 4) is 11.5 Å².